The molecule has 1 saturated heterocycles. The van der Waals surface area contributed by atoms with Gasteiger partial charge in [-0.3, -0.25) is 4.90 Å². The third-order valence-corrected chi connectivity index (χ3v) is 2.63. The number of hydrogen-bond acceptors (Lipinski definition) is 3. The predicted octanol–water partition coefficient (Wildman–Crippen LogP) is 0.444. The summed E-state index contributed by atoms with van der Waals surface area (Å²) in [5.41, 5.74) is 5.88. The minimum Gasteiger partial charge on any atom is -0.383 e. The van der Waals surface area contributed by atoms with E-state index in [1.807, 2.05) is 0 Å². The molecule has 12 heavy (non-hydrogen) atoms. The summed E-state index contributed by atoms with van der Waals surface area (Å²) in [6.07, 6.45) is 2.40. The molecular weight excluding hydrogens is 152 g/mol. The van der Waals surface area contributed by atoms with Crippen LogP contribution in [-0.4, -0.2) is 43.8 Å². The smallest absolute Gasteiger partial charge is 0.0589 e. The first-order valence-electron chi connectivity index (χ1n) is 4.72. The molecule has 1 heterocycles. The Labute approximate surface area is 74.9 Å². The highest BCUT2D eigenvalue weighted by molar-refractivity contribution is 4.80. The molecule has 1 rings (SSSR count). The fourth-order valence-corrected chi connectivity index (χ4v) is 1.73. The standard InChI is InChI=1S/C9H20N2O/c1-8-3-4-9(10)7-11(8)5-6-12-2/h8-9H,3-7,10H2,1-2H3. The molecule has 0 bridgehead atoms. The van der Waals surface area contributed by atoms with Gasteiger partial charge in [0.25, 0.3) is 0 Å². The molecule has 1 fully saturated rings. The van der Waals surface area contributed by atoms with Crippen LogP contribution in [0.4, 0.5) is 0 Å². The molecule has 0 aromatic rings. The molecule has 2 N–H and O–H groups in total. The van der Waals surface area contributed by atoms with Crippen LogP contribution in [0.1, 0.15) is 19.8 Å². The Kier molecular flexibility index (Phi) is 3.98. The summed E-state index contributed by atoms with van der Waals surface area (Å²) < 4.78 is 5.05. The van der Waals surface area contributed by atoms with Gasteiger partial charge >= 0.3 is 0 Å². The summed E-state index contributed by atoms with van der Waals surface area (Å²) in [5, 5.41) is 0. The second kappa shape index (κ2) is 4.80. The van der Waals surface area contributed by atoms with Crippen LogP contribution in [0.5, 0.6) is 0 Å². The van der Waals surface area contributed by atoms with Crippen LogP contribution < -0.4 is 5.73 Å². The van der Waals surface area contributed by atoms with Crippen LogP contribution in [0.2, 0.25) is 0 Å². The lowest BCUT2D eigenvalue weighted by Gasteiger charge is -2.36. The lowest BCUT2D eigenvalue weighted by Crippen LogP contribution is -2.48. The second-order valence-electron chi connectivity index (χ2n) is 3.67. The van der Waals surface area contributed by atoms with Crippen molar-refractivity contribution in [3.63, 3.8) is 0 Å². The monoisotopic (exact) mass is 172 g/mol. The van der Waals surface area contributed by atoms with Crippen LogP contribution >= 0.6 is 0 Å². The van der Waals surface area contributed by atoms with Gasteiger partial charge in [0.05, 0.1) is 6.61 Å². The SMILES string of the molecule is COCCN1CC(N)CCC1C. The molecule has 0 radical (unpaired) electrons. The van der Waals surface area contributed by atoms with Crippen LogP contribution in [0.25, 0.3) is 0 Å². The lowest BCUT2D eigenvalue weighted by atomic mass is 10.0. The van der Waals surface area contributed by atoms with Crippen molar-refractivity contribution >= 4 is 0 Å². The fourth-order valence-electron chi connectivity index (χ4n) is 1.73. The predicted molar refractivity (Wildman–Crippen MR) is 50.1 cm³/mol. The van der Waals surface area contributed by atoms with Crippen molar-refractivity contribution in [3.05, 3.63) is 0 Å². The van der Waals surface area contributed by atoms with Gasteiger partial charge in [-0.2, -0.15) is 0 Å². The van der Waals surface area contributed by atoms with Crippen molar-refractivity contribution in [2.24, 2.45) is 5.73 Å². The van der Waals surface area contributed by atoms with Gasteiger partial charge in [-0.15, -0.1) is 0 Å². The van der Waals surface area contributed by atoms with E-state index < -0.39 is 0 Å². The van der Waals surface area contributed by atoms with E-state index >= 15 is 0 Å². The van der Waals surface area contributed by atoms with Crippen molar-refractivity contribution < 1.29 is 4.74 Å². The largest absolute Gasteiger partial charge is 0.383 e. The molecule has 2 unspecified atom stereocenters. The topological polar surface area (TPSA) is 38.5 Å². The van der Waals surface area contributed by atoms with E-state index in [4.69, 9.17) is 10.5 Å². The van der Waals surface area contributed by atoms with Crippen LogP contribution in [0.3, 0.4) is 0 Å². The molecule has 0 aromatic heterocycles. The zero-order valence-electron chi connectivity index (χ0n) is 8.12. The van der Waals surface area contributed by atoms with E-state index in [0.29, 0.717) is 12.1 Å². The highest BCUT2D eigenvalue weighted by atomic mass is 16.5. The lowest BCUT2D eigenvalue weighted by molar-refractivity contribution is 0.0956. The number of nitrogens with zero attached hydrogens (tertiary/aromatic N) is 1. The number of rotatable bonds is 3. The number of nitrogens with two attached hydrogens (primary N) is 1. The van der Waals surface area contributed by atoms with Crippen LogP contribution in [-0.2, 0) is 4.74 Å². The van der Waals surface area contributed by atoms with Gasteiger partial charge < -0.3 is 10.5 Å². The molecule has 0 amide bonds. The molecule has 3 heteroatoms. The quantitative estimate of drug-likeness (QED) is 0.671. The van der Waals surface area contributed by atoms with Gasteiger partial charge in [-0.1, -0.05) is 0 Å². The second-order valence-corrected chi connectivity index (χ2v) is 3.67. The third kappa shape index (κ3) is 2.73. The summed E-state index contributed by atoms with van der Waals surface area (Å²) in [7, 11) is 1.74. The van der Waals surface area contributed by atoms with Crippen molar-refractivity contribution in [1.29, 1.82) is 0 Å². The highest BCUT2D eigenvalue weighted by Crippen LogP contribution is 2.14. The maximum atomic E-state index is 5.88. The third-order valence-electron chi connectivity index (χ3n) is 2.63. The summed E-state index contributed by atoms with van der Waals surface area (Å²) in [4.78, 5) is 2.41. The summed E-state index contributed by atoms with van der Waals surface area (Å²) >= 11 is 0. The number of methoxy groups -OCH3 is 1. The van der Waals surface area contributed by atoms with Crippen molar-refractivity contribution in [2.45, 2.75) is 31.8 Å². The van der Waals surface area contributed by atoms with E-state index in [2.05, 4.69) is 11.8 Å². The highest BCUT2D eigenvalue weighted by Gasteiger charge is 2.22. The van der Waals surface area contributed by atoms with Gasteiger partial charge in [-0.25, -0.2) is 0 Å². The van der Waals surface area contributed by atoms with E-state index in [1.165, 1.54) is 12.8 Å². The Morgan fingerprint density at radius 2 is 2.25 bits per heavy atom. The van der Waals surface area contributed by atoms with E-state index in [9.17, 15) is 0 Å². The Hall–Kier alpha value is -0.120. The molecule has 0 spiro atoms. The van der Waals surface area contributed by atoms with Gasteiger partial charge in [0.2, 0.25) is 0 Å². The zero-order chi connectivity index (χ0) is 8.97. The molecule has 0 aliphatic carbocycles. The minimum absolute atomic E-state index is 0.373. The summed E-state index contributed by atoms with van der Waals surface area (Å²) in [5.74, 6) is 0. The summed E-state index contributed by atoms with van der Waals surface area (Å²) in [6.45, 7) is 5.13. The average molecular weight is 172 g/mol. The van der Waals surface area contributed by atoms with E-state index in [0.717, 1.165) is 19.7 Å². The first kappa shape index (κ1) is 9.96. The maximum absolute atomic E-state index is 5.88. The minimum atomic E-state index is 0.373. The first-order valence-corrected chi connectivity index (χ1v) is 4.72. The number of piperidine rings is 1. The van der Waals surface area contributed by atoms with E-state index in [1.54, 1.807) is 7.11 Å². The first-order chi connectivity index (χ1) is 5.74. The maximum Gasteiger partial charge on any atom is 0.0589 e. The Balaban J connectivity index is 2.28. The molecule has 2 atom stereocenters. The molecule has 1 aliphatic rings. The molecular formula is C9H20N2O. The molecule has 0 saturated carbocycles. The van der Waals surface area contributed by atoms with Gasteiger partial charge in [0, 0.05) is 32.3 Å². The van der Waals surface area contributed by atoms with Crippen molar-refractivity contribution in [1.82, 2.24) is 4.90 Å². The zero-order valence-corrected chi connectivity index (χ0v) is 8.12. The summed E-state index contributed by atoms with van der Waals surface area (Å²) in [6, 6.07) is 1.05. The molecule has 1 aliphatic heterocycles. The molecule has 72 valence electrons. The van der Waals surface area contributed by atoms with Crippen molar-refractivity contribution in [3.8, 4) is 0 Å². The van der Waals surface area contributed by atoms with Gasteiger partial charge in [0.1, 0.15) is 0 Å². The number of ether oxygens (including phenoxy) is 1. The average Bonchev–Trinajstić information content (AvgIpc) is 2.07. The Morgan fingerprint density at radius 1 is 1.50 bits per heavy atom. The van der Waals surface area contributed by atoms with Crippen LogP contribution in [0.15, 0.2) is 0 Å². The van der Waals surface area contributed by atoms with E-state index in [-0.39, 0.29) is 0 Å². The van der Waals surface area contributed by atoms with Crippen molar-refractivity contribution in [2.75, 3.05) is 26.8 Å². The molecule has 3 nitrogen and oxygen atoms in total. The Morgan fingerprint density at radius 3 is 2.92 bits per heavy atom. The number of hydrogen-bond donors (Lipinski definition) is 1. The fraction of sp³-hybridized carbons (Fsp3) is 1.00. The van der Waals surface area contributed by atoms with Gasteiger partial charge in [-0.05, 0) is 19.8 Å². The normalized spacial score (nSPS) is 32.2. The number of likely N-dealkylation sites (tertiary alicyclic amines) is 1. The molecule has 0 aromatic carbocycles. The van der Waals surface area contributed by atoms with Crippen LogP contribution in [0, 0.1) is 0 Å². The Bertz CT molecular complexity index is 130. The van der Waals surface area contributed by atoms with Gasteiger partial charge in [0.15, 0.2) is 0 Å².